The summed E-state index contributed by atoms with van der Waals surface area (Å²) in [5, 5.41) is 0. The lowest BCUT2D eigenvalue weighted by Crippen LogP contribution is -2.19. The average molecular weight is 246 g/mol. The van der Waals surface area contributed by atoms with Crippen molar-refractivity contribution < 1.29 is 14.3 Å². The molecule has 0 N–H and O–H groups in total. The van der Waals surface area contributed by atoms with Gasteiger partial charge in [0.2, 0.25) is 5.88 Å². The predicted octanol–water partition coefficient (Wildman–Crippen LogP) is 0.232. The summed E-state index contributed by atoms with van der Waals surface area (Å²) in [6, 6.07) is 1.43. The smallest absolute Gasteiger partial charge is 0.217 e. The molecule has 1 aromatic rings. The SMILES string of the molecule is Cc1cc(OP([O-])([O-])=S)nc(C(C)C)n1. The van der Waals surface area contributed by atoms with Gasteiger partial charge in [-0.05, 0) is 13.6 Å². The molecule has 0 aliphatic carbocycles. The second-order valence-electron chi connectivity index (χ2n) is 3.40. The lowest BCUT2D eigenvalue weighted by Gasteiger charge is -2.33. The van der Waals surface area contributed by atoms with E-state index in [-0.39, 0.29) is 11.8 Å². The fraction of sp³-hybridized carbons (Fsp3) is 0.500. The van der Waals surface area contributed by atoms with E-state index in [0.717, 1.165) is 0 Å². The van der Waals surface area contributed by atoms with Gasteiger partial charge >= 0.3 is 0 Å². The van der Waals surface area contributed by atoms with Gasteiger partial charge in [-0.3, -0.25) is 0 Å². The normalized spacial score (nSPS) is 11.9. The highest BCUT2D eigenvalue weighted by Crippen LogP contribution is 2.28. The van der Waals surface area contributed by atoms with Crippen molar-refractivity contribution in [1.82, 2.24) is 9.97 Å². The first-order valence-electron chi connectivity index (χ1n) is 4.35. The van der Waals surface area contributed by atoms with E-state index in [0.29, 0.717) is 11.5 Å². The first kappa shape index (κ1) is 12.5. The Hall–Kier alpha value is -0.550. The van der Waals surface area contributed by atoms with E-state index in [1.807, 2.05) is 13.8 Å². The maximum absolute atomic E-state index is 10.8. The Bertz CT molecular complexity index is 405. The Kier molecular flexibility index (Phi) is 3.78. The summed E-state index contributed by atoms with van der Waals surface area (Å²) in [4.78, 5) is 29.6. The van der Waals surface area contributed by atoms with Gasteiger partial charge in [-0.15, -0.1) is 0 Å². The van der Waals surface area contributed by atoms with Crippen molar-refractivity contribution in [3.63, 3.8) is 0 Å². The summed E-state index contributed by atoms with van der Waals surface area (Å²) in [6.45, 7) is 1.33. The molecule has 1 aromatic heterocycles. The maximum atomic E-state index is 10.8. The molecule has 84 valence electrons. The molecular weight excluding hydrogens is 235 g/mol. The van der Waals surface area contributed by atoms with Gasteiger partial charge in [0.25, 0.3) is 0 Å². The molecule has 0 saturated carbocycles. The first-order valence-corrected chi connectivity index (χ1v) is 6.91. The van der Waals surface area contributed by atoms with Gasteiger partial charge in [-0.1, -0.05) is 25.7 Å². The average Bonchev–Trinajstić information content (AvgIpc) is 1.99. The lowest BCUT2D eigenvalue weighted by atomic mass is 10.2. The monoisotopic (exact) mass is 246 g/mol. The molecular formula is C8H11N2O3PS-2. The Morgan fingerprint density at radius 1 is 1.40 bits per heavy atom. The minimum Gasteiger partial charge on any atom is -0.803 e. The molecule has 15 heavy (non-hydrogen) atoms. The maximum Gasteiger partial charge on any atom is 0.217 e. The minimum absolute atomic E-state index is 0.0143. The van der Waals surface area contributed by atoms with Crippen LogP contribution in [0, 0.1) is 6.92 Å². The molecule has 0 saturated heterocycles. The Balaban J connectivity index is 3.04. The summed E-state index contributed by atoms with van der Waals surface area (Å²) in [6.07, 6.45) is 0. The van der Waals surface area contributed by atoms with Crippen LogP contribution >= 0.6 is 6.72 Å². The van der Waals surface area contributed by atoms with Crippen molar-refractivity contribution >= 4 is 18.5 Å². The van der Waals surface area contributed by atoms with E-state index < -0.39 is 6.72 Å². The van der Waals surface area contributed by atoms with Gasteiger partial charge in [-0.25, -0.2) is 4.98 Å². The summed E-state index contributed by atoms with van der Waals surface area (Å²) in [7, 11) is 0. The molecule has 5 nitrogen and oxygen atoms in total. The van der Waals surface area contributed by atoms with Crippen molar-refractivity contribution in [1.29, 1.82) is 0 Å². The van der Waals surface area contributed by atoms with Crippen molar-refractivity contribution in [3.05, 3.63) is 17.6 Å². The lowest BCUT2D eigenvalue weighted by molar-refractivity contribution is -0.313. The van der Waals surface area contributed by atoms with Crippen molar-refractivity contribution in [2.75, 3.05) is 0 Å². The number of nitrogens with zero attached hydrogens (tertiary/aromatic N) is 2. The van der Waals surface area contributed by atoms with E-state index in [1.165, 1.54) is 6.07 Å². The van der Waals surface area contributed by atoms with E-state index >= 15 is 0 Å². The highest BCUT2D eigenvalue weighted by Gasteiger charge is 2.06. The van der Waals surface area contributed by atoms with Crippen molar-refractivity contribution in [2.45, 2.75) is 26.7 Å². The van der Waals surface area contributed by atoms with Crippen LogP contribution in [-0.2, 0) is 11.8 Å². The molecule has 0 aromatic carbocycles. The summed E-state index contributed by atoms with van der Waals surface area (Å²) in [5.41, 5.74) is 0.646. The molecule has 0 aliphatic rings. The van der Waals surface area contributed by atoms with Gasteiger partial charge in [0.1, 0.15) is 5.82 Å². The van der Waals surface area contributed by atoms with Crippen LogP contribution in [0.4, 0.5) is 0 Å². The van der Waals surface area contributed by atoms with E-state index in [4.69, 9.17) is 0 Å². The van der Waals surface area contributed by atoms with Crippen LogP contribution in [0.2, 0.25) is 0 Å². The van der Waals surface area contributed by atoms with Gasteiger partial charge in [-0.2, -0.15) is 4.98 Å². The first-order chi connectivity index (χ1) is 6.78. The molecule has 7 heteroatoms. The van der Waals surface area contributed by atoms with Gasteiger partial charge in [0, 0.05) is 17.7 Å². The number of rotatable bonds is 3. The van der Waals surface area contributed by atoms with E-state index in [2.05, 4.69) is 26.3 Å². The zero-order chi connectivity index (χ0) is 11.6. The third-order valence-electron chi connectivity index (χ3n) is 1.57. The van der Waals surface area contributed by atoms with Crippen LogP contribution < -0.4 is 14.3 Å². The van der Waals surface area contributed by atoms with Crippen LogP contribution in [-0.4, -0.2) is 9.97 Å². The molecule has 1 heterocycles. The highest BCUT2D eigenvalue weighted by atomic mass is 32.5. The Morgan fingerprint density at radius 2 is 2.00 bits per heavy atom. The van der Waals surface area contributed by atoms with Crippen LogP contribution in [0.1, 0.15) is 31.3 Å². The van der Waals surface area contributed by atoms with E-state index in [9.17, 15) is 9.79 Å². The van der Waals surface area contributed by atoms with Crippen LogP contribution in [0.25, 0.3) is 0 Å². The van der Waals surface area contributed by atoms with Crippen LogP contribution in [0.15, 0.2) is 6.07 Å². The zero-order valence-electron chi connectivity index (χ0n) is 8.63. The fourth-order valence-electron chi connectivity index (χ4n) is 0.981. The largest absolute Gasteiger partial charge is 0.803 e. The van der Waals surface area contributed by atoms with Crippen molar-refractivity contribution in [3.8, 4) is 5.88 Å². The second kappa shape index (κ2) is 4.53. The quantitative estimate of drug-likeness (QED) is 0.710. The highest BCUT2D eigenvalue weighted by molar-refractivity contribution is 8.05. The molecule has 0 atom stereocenters. The van der Waals surface area contributed by atoms with E-state index in [1.54, 1.807) is 6.92 Å². The molecule has 0 fully saturated rings. The topological polar surface area (TPSA) is 81.1 Å². The number of hydrogen-bond donors (Lipinski definition) is 0. The zero-order valence-corrected chi connectivity index (χ0v) is 10.3. The van der Waals surface area contributed by atoms with Gasteiger partial charge in [0.15, 0.2) is 0 Å². The minimum atomic E-state index is -4.21. The van der Waals surface area contributed by atoms with Gasteiger partial charge in [0.05, 0.1) is 0 Å². The Morgan fingerprint density at radius 3 is 2.47 bits per heavy atom. The third-order valence-corrected chi connectivity index (χ3v) is 2.20. The van der Waals surface area contributed by atoms with Gasteiger partial charge < -0.3 is 14.3 Å². The molecule has 0 radical (unpaired) electrons. The third kappa shape index (κ3) is 4.22. The molecule has 0 spiro atoms. The molecule has 0 aliphatic heterocycles. The molecule has 0 amide bonds. The summed E-state index contributed by atoms with van der Waals surface area (Å²) < 4.78 is 4.54. The molecule has 0 bridgehead atoms. The van der Waals surface area contributed by atoms with Crippen LogP contribution in [0.3, 0.4) is 0 Å². The molecule has 0 unspecified atom stereocenters. The second-order valence-corrected chi connectivity index (χ2v) is 5.82. The summed E-state index contributed by atoms with van der Waals surface area (Å²) in [5.74, 6) is 0.622. The number of aryl methyl sites for hydroxylation is 1. The summed E-state index contributed by atoms with van der Waals surface area (Å²) >= 11 is 4.14. The van der Waals surface area contributed by atoms with Crippen LogP contribution in [0.5, 0.6) is 5.88 Å². The number of hydrogen-bond acceptors (Lipinski definition) is 6. The number of aromatic nitrogens is 2. The fourth-order valence-corrected chi connectivity index (χ4v) is 1.53. The van der Waals surface area contributed by atoms with Crippen molar-refractivity contribution in [2.24, 2.45) is 0 Å². The Labute approximate surface area is 93.4 Å². The molecule has 1 rings (SSSR count). The standard InChI is InChI=1S/C8H13N2O3PS/c1-5(2)8-9-6(3)4-7(10-8)13-14(11,12)15/h4-5H,1-3H3,(H2,11,12,15)/p-2. The predicted molar refractivity (Wildman–Crippen MR) is 55.8 cm³/mol.